The molecule has 0 saturated heterocycles. The van der Waals surface area contributed by atoms with Crippen molar-refractivity contribution in [2.24, 2.45) is 0 Å². The number of hydrogen-bond acceptors (Lipinski definition) is 1. The van der Waals surface area contributed by atoms with Crippen LogP contribution in [-0.4, -0.2) is 6.54 Å². The number of rotatable bonds is 2. The highest BCUT2D eigenvalue weighted by molar-refractivity contribution is 6.29. The molecular weight excluding hydrogens is 302 g/mol. The quantitative estimate of drug-likeness (QED) is 0.554. The standard InChI is InChI=1S/C21H16ClN/c22-23-15-19(18-13-7-8-14-20(18)23)21(16-9-3-1-4-10-16)17-11-5-2-6-12-17/h1-14H,15H2. The van der Waals surface area contributed by atoms with E-state index in [2.05, 4.69) is 66.7 Å². The number of benzene rings is 3. The Hall–Kier alpha value is -2.51. The molecule has 0 aliphatic carbocycles. The van der Waals surface area contributed by atoms with E-state index < -0.39 is 0 Å². The molecule has 4 rings (SSSR count). The molecule has 1 aliphatic heterocycles. The van der Waals surface area contributed by atoms with Gasteiger partial charge in [-0.25, -0.2) is 0 Å². The van der Waals surface area contributed by atoms with Crippen LogP contribution in [0.2, 0.25) is 0 Å². The van der Waals surface area contributed by atoms with Gasteiger partial charge < -0.3 is 0 Å². The van der Waals surface area contributed by atoms with E-state index in [-0.39, 0.29) is 0 Å². The normalized spacial score (nSPS) is 13.1. The Kier molecular flexibility index (Phi) is 3.64. The van der Waals surface area contributed by atoms with Crippen LogP contribution in [0.4, 0.5) is 5.69 Å². The minimum atomic E-state index is 0.708. The molecule has 0 N–H and O–H groups in total. The first-order valence-electron chi connectivity index (χ1n) is 7.71. The van der Waals surface area contributed by atoms with E-state index in [0.717, 1.165) is 5.69 Å². The number of nitrogens with zero attached hydrogens (tertiary/aromatic N) is 1. The Morgan fingerprint density at radius 3 is 1.83 bits per heavy atom. The summed E-state index contributed by atoms with van der Waals surface area (Å²) < 4.78 is 1.80. The Labute approximate surface area is 141 Å². The van der Waals surface area contributed by atoms with Crippen LogP contribution in [-0.2, 0) is 0 Å². The van der Waals surface area contributed by atoms with Gasteiger partial charge in [0.15, 0.2) is 0 Å². The summed E-state index contributed by atoms with van der Waals surface area (Å²) in [5, 5.41) is 0. The Morgan fingerprint density at radius 2 is 1.22 bits per heavy atom. The summed E-state index contributed by atoms with van der Waals surface area (Å²) in [5.41, 5.74) is 7.25. The summed E-state index contributed by atoms with van der Waals surface area (Å²) in [6, 6.07) is 29.4. The molecular formula is C21H16ClN. The third-order valence-electron chi connectivity index (χ3n) is 4.21. The minimum Gasteiger partial charge on any atom is -0.280 e. The largest absolute Gasteiger partial charge is 0.280 e. The van der Waals surface area contributed by atoms with Crippen molar-refractivity contribution in [2.75, 3.05) is 11.0 Å². The molecule has 0 bridgehead atoms. The Morgan fingerprint density at radius 1 is 0.696 bits per heavy atom. The summed E-state index contributed by atoms with van der Waals surface area (Å²) in [6.07, 6.45) is 0. The molecule has 0 radical (unpaired) electrons. The molecule has 112 valence electrons. The highest BCUT2D eigenvalue weighted by Crippen LogP contribution is 2.42. The molecule has 1 aliphatic rings. The maximum absolute atomic E-state index is 6.46. The molecule has 0 spiro atoms. The van der Waals surface area contributed by atoms with Gasteiger partial charge in [-0.2, -0.15) is 0 Å². The number of fused-ring (bicyclic) bond motifs is 1. The van der Waals surface area contributed by atoms with Crippen molar-refractivity contribution in [3.05, 3.63) is 102 Å². The molecule has 0 unspecified atom stereocenters. The molecule has 3 aromatic carbocycles. The van der Waals surface area contributed by atoms with Crippen molar-refractivity contribution in [3.63, 3.8) is 0 Å². The fraction of sp³-hybridized carbons (Fsp3) is 0.0476. The predicted octanol–water partition coefficient (Wildman–Crippen LogP) is 5.62. The summed E-state index contributed by atoms with van der Waals surface area (Å²) >= 11 is 6.46. The Balaban J connectivity index is 2.00. The van der Waals surface area contributed by atoms with Gasteiger partial charge in [-0.1, -0.05) is 78.9 Å². The maximum Gasteiger partial charge on any atom is 0.0613 e. The molecule has 0 aromatic heterocycles. The van der Waals surface area contributed by atoms with E-state index in [1.54, 1.807) is 4.42 Å². The minimum absolute atomic E-state index is 0.708. The highest BCUT2D eigenvalue weighted by atomic mass is 35.5. The van der Waals surface area contributed by atoms with Crippen LogP contribution in [0.1, 0.15) is 16.7 Å². The van der Waals surface area contributed by atoms with Gasteiger partial charge in [-0.05, 0) is 28.3 Å². The van der Waals surface area contributed by atoms with Gasteiger partial charge in [-0.3, -0.25) is 4.42 Å². The van der Waals surface area contributed by atoms with Crippen molar-refractivity contribution in [1.29, 1.82) is 0 Å². The van der Waals surface area contributed by atoms with Crippen molar-refractivity contribution in [2.45, 2.75) is 0 Å². The van der Waals surface area contributed by atoms with E-state index in [0.29, 0.717) is 6.54 Å². The fourth-order valence-corrected chi connectivity index (χ4v) is 3.45. The molecule has 2 heteroatoms. The first kappa shape index (κ1) is 14.1. The molecule has 0 atom stereocenters. The van der Waals surface area contributed by atoms with Gasteiger partial charge >= 0.3 is 0 Å². The predicted molar refractivity (Wildman–Crippen MR) is 98.4 cm³/mol. The molecule has 23 heavy (non-hydrogen) atoms. The third kappa shape index (κ3) is 2.54. The monoisotopic (exact) mass is 317 g/mol. The maximum atomic E-state index is 6.46. The van der Waals surface area contributed by atoms with Crippen LogP contribution in [0.5, 0.6) is 0 Å². The fourth-order valence-electron chi connectivity index (χ4n) is 3.19. The van der Waals surface area contributed by atoms with Crippen LogP contribution in [0.15, 0.2) is 84.9 Å². The lowest BCUT2D eigenvalue weighted by atomic mass is 9.90. The van der Waals surface area contributed by atoms with Crippen LogP contribution in [0.25, 0.3) is 11.1 Å². The highest BCUT2D eigenvalue weighted by Gasteiger charge is 2.25. The molecule has 0 saturated carbocycles. The SMILES string of the molecule is ClN1CC(=C(c2ccccc2)c2ccccc2)c2ccccc21. The van der Waals surface area contributed by atoms with E-state index >= 15 is 0 Å². The topological polar surface area (TPSA) is 3.24 Å². The van der Waals surface area contributed by atoms with Crippen LogP contribution >= 0.6 is 11.8 Å². The van der Waals surface area contributed by atoms with Crippen LogP contribution in [0.3, 0.4) is 0 Å². The van der Waals surface area contributed by atoms with Gasteiger partial charge in [0, 0.05) is 17.3 Å². The molecule has 1 nitrogen and oxygen atoms in total. The lowest BCUT2D eigenvalue weighted by molar-refractivity contribution is 1.28. The van der Waals surface area contributed by atoms with Gasteiger partial charge in [0.1, 0.15) is 0 Å². The first-order chi connectivity index (χ1) is 11.3. The second-order valence-corrected chi connectivity index (χ2v) is 6.03. The number of halogens is 1. The summed E-state index contributed by atoms with van der Waals surface area (Å²) in [4.78, 5) is 0. The van der Waals surface area contributed by atoms with Crippen molar-refractivity contribution >= 4 is 28.6 Å². The lowest BCUT2D eigenvalue weighted by Gasteiger charge is -2.13. The molecule has 0 amide bonds. The van der Waals surface area contributed by atoms with Crippen molar-refractivity contribution < 1.29 is 0 Å². The average Bonchev–Trinajstić information content (AvgIpc) is 2.94. The number of hydrogen-bond donors (Lipinski definition) is 0. The average molecular weight is 318 g/mol. The number of para-hydroxylation sites is 1. The zero-order valence-corrected chi connectivity index (χ0v) is 13.4. The van der Waals surface area contributed by atoms with Crippen LogP contribution in [0, 0.1) is 0 Å². The Bertz CT molecular complexity index is 812. The van der Waals surface area contributed by atoms with E-state index in [1.807, 2.05) is 18.2 Å². The molecule has 0 fully saturated rings. The van der Waals surface area contributed by atoms with Gasteiger partial charge in [0.05, 0.1) is 12.2 Å². The second kappa shape index (κ2) is 5.94. The molecule has 3 aromatic rings. The van der Waals surface area contributed by atoms with Crippen molar-refractivity contribution in [3.8, 4) is 0 Å². The van der Waals surface area contributed by atoms with Crippen LogP contribution < -0.4 is 4.42 Å². The zero-order valence-electron chi connectivity index (χ0n) is 12.6. The van der Waals surface area contributed by atoms with Gasteiger partial charge in [0.25, 0.3) is 0 Å². The lowest BCUT2D eigenvalue weighted by Crippen LogP contribution is -2.05. The smallest absolute Gasteiger partial charge is 0.0613 e. The summed E-state index contributed by atoms with van der Waals surface area (Å²) in [6.45, 7) is 0.708. The van der Waals surface area contributed by atoms with Gasteiger partial charge in [-0.15, -0.1) is 0 Å². The van der Waals surface area contributed by atoms with E-state index in [4.69, 9.17) is 11.8 Å². The van der Waals surface area contributed by atoms with E-state index in [1.165, 1.54) is 27.8 Å². The molecule has 1 heterocycles. The van der Waals surface area contributed by atoms with Crippen molar-refractivity contribution in [1.82, 2.24) is 0 Å². The summed E-state index contributed by atoms with van der Waals surface area (Å²) in [7, 11) is 0. The van der Waals surface area contributed by atoms with E-state index in [9.17, 15) is 0 Å². The summed E-state index contributed by atoms with van der Waals surface area (Å²) in [5.74, 6) is 0. The second-order valence-electron chi connectivity index (χ2n) is 5.62. The zero-order chi connectivity index (χ0) is 15.6. The first-order valence-corrected chi connectivity index (χ1v) is 8.05. The number of anilines is 1. The van der Waals surface area contributed by atoms with Gasteiger partial charge in [0.2, 0.25) is 0 Å². The third-order valence-corrected chi connectivity index (χ3v) is 4.52.